The van der Waals surface area contributed by atoms with Crippen LogP contribution in [0.25, 0.3) is 0 Å². The Morgan fingerprint density at radius 2 is 1.69 bits per heavy atom. The number of methoxy groups -OCH3 is 2. The molecule has 0 radical (unpaired) electrons. The van der Waals surface area contributed by atoms with Gasteiger partial charge in [0.05, 0.1) is 14.2 Å². The van der Waals surface area contributed by atoms with Gasteiger partial charge < -0.3 is 14.2 Å². The number of nitrogens with one attached hydrogen (secondary N) is 2. The van der Waals surface area contributed by atoms with E-state index in [2.05, 4.69) is 26.8 Å². The SMILES string of the molecule is COc1ccc(C(=O)NNC(=O)COc2cc(C)c(Br)cc2C(C)C)cc1OC. The van der Waals surface area contributed by atoms with Gasteiger partial charge >= 0.3 is 0 Å². The topological polar surface area (TPSA) is 85.9 Å². The van der Waals surface area contributed by atoms with Gasteiger partial charge in [0, 0.05) is 10.0 Å². The second-order valence-electron chi connectivity index (χ2n) is 6.65. The number of carbonyl (C=O) groups is 2. The lowest BCUT2D eigenvalue weighted by atomic mass is 10.0. The van der Waals surface area contributed by atoms with Crippen molar-refractivity contribution in [1.82, 2.24) is 10.9 Å². The second-order valence-corrected chi connectivity index (χ2v) is 7.51. The van der Waals surface area contributed by atoms with Crippen LogP contribution in [-0.2, 0) is 4.79 Å². The maximum atomic E-state index is 12.2. The van der Waals surface area contributed by atoms with Crippen molar-refractivity contribution in [2.45, 2.75) is 26.7 Å². The first-order chi connectivity index (χ1) is 13.8. The number of hydrogen-bond donors (Lipinski definition) is 2. The number of hydrogen-bond acceptors (Lipinski definition) is 5. The monoisotopic (exact) mass is 464 g/mol. The number of carbonyl (C=O) groups excluding carboxylic acids is 2. The van der Waals surface area contributed by atoms with E-state index < -0.39 is 11.8 Å². The Hall–Kier alpha value is -2.74. The third-order valence-electron chi connectivity index (χ3n) is 4.23. The van der Waals surface area contributed by atoms with Gasteiger partial charge in [0.15, 0.2) is 18.1 Å². The summed E-state index contributed by atoms with van der Waals surface area (Å²) < 4.78 is 17.0. The molecule has 0 heterocycles. The average molecular weight is 465 g/mol. The fraction of sp³-hybridized carbons (Fsp3) is 0.333. The predicted molar refractivity (Wildman–Crippen MR) is 114 cm³/mol. The van der Waals surface area contributed by atoms with E-state index in [1.54, 1.807) is 12.1 Å². The average Bonchev–Trinajstić information content (AvgIpc) is 2.71. The van der Waals surface area contributed by atoms with Crippen molar-refractivity contribution in [3.05, 3.63) is 51.5 Å². The quantitative estimate of drug-likeness (QED) is 0.609. The van der Waals surface area contributed by atoms with Crippen molar-refractivity contribution in [3.63, 3.8) is 0 Å². The summed E-state index contributed by atoms with van der Waals surface area (Å²) in [5, 5.41) is 0. The van der Waals surface area contributed by atoms with Crippen LogP contribution in [0.5, 0.6) is 17.2 Å². The Morgan fingerprint density at radius 1 is 1.00 bits per heavy atom. The molecule has 0 spiro atoms. The molecule has 0 bridgehead atoms. The summed E-state index contributed by atoms with van der Waals surface area (Å²) in [6.45, 7) is 5.82. The van der Waals surface area contributed by atoms with Gasteiger partial charge in [-0.3, -0.25) is 20.4 Å². The van der Waals surface area contributed by atoms with E-state index in [-0.39, 0.29) is 12.5 Å². The summed E-state index contributed by atoms with van der Waals surface area (Å²) in [7, 11) is 2.99. The molecule has 2 amide bonds. The summed E-state index contributed by atoms with van der Waals surface area (Å²) in [6.07, 6.45) is 0. The lowest BCUT2D eigenvalue weighted by molar-refractivity contribution is -0.123. The summed E-state index contributed by atoms with van der Waals surface area (Å²) in [5.74, 6) is 0.835. The first-order valence-corrected chi connectivity index (χ1v) is 9.80. The Labute approximate surface area is 178 Å². The van der Waals surface area contributed by atoms with Gasteiger partial charge in [-0.2, -0.15) is 0 Å². The molecule has 0 atom stereocenters. The highest BCUT2D eigenvalue weighted by Crippen LogP contribution is 2.32. The predicted octanol–water partition coefficient (Wildman–Crippen LogP) is 3.74. The zero-order valence-corrected chi connectivity index (χ0v) is 18.7. The summed E-state index contributed by atoms with van der Waals surface area (Å²) in [6, 6.07) is 8.58. The minimum atomic E-state index is -0.485. The largest absolute Gasteiger partial charge is 0.493 e. The van der Waals surface area contributed by atoms with E-state index in [1.807, 2.05) is 32.9 Å². The molecule has 2 rings (SSSR count). The smallest absolute Gasteiger partial charge is 0.276 e. The van der Waals surface area contributed by atoms with Crippen LogP contribution in [0.2, 0.25) is 0 Å². The first kappa shape index (κ1) is 22.5. The molecule has 8 heteroatoms. The van der Waals surface area contributed by atoms with Crippen LogP contribution in [0.15, 0.2) is 34.8 Å². The number of halogens is 1. The molecule has 2 aromatic carbocycles. The summed E-state index contributed by atoms with van der Waals surface area (Å²) in [5.41, 5.74) is 7.02. The van der Waals surface area contributed by atoms with Crippen LogP contribution in [0.4, 0.5) is 0 Å². The van der Waals surface area contributed by atoms with Gasteiger partial charge in [-0.05, 0) is 54.3 Å². The van der Waals surface area contributed by atoms with Gasteiger partial charge in [0.2, 0.25) is 0 Å². The van der Waals surface area contributed by atoms with E-state index in [1.165, 1.54) is 20.3 Å². The Bertz CT molecular complexity index is 899. The van der Waals surface area contributed by atoms with Gasteiger partial charge in [0.1, 0.15) is 5.75 Å². The number of rotatable bonds is 7. The lowest BCUT2D eigenvalue weighted by Gasteiger charge is -2.16. The fourth-order valence-corrected chi connectivity index (χ4v) is 2.96. The van der Waals surface area contributed by atoms with Crippen molar-refractivity contribution < 1.29 is 23.8 Å². The van der Waals surface area contributed by atoms with E-state index in [9.17, 15) is 9.59 Å². The molecular weight excluding hydrogens is 440 g/mol. The minimum Gasteiger partial charge on any atom is -0.493 e. The second kappa shape index (κ2) is 10.2. The van der Waals surface area contributed by atoms with Crippen LogP contribution in [0.3, 0.4) is 0 Å². The zero-order chi connectivity index (χ0) is 21.6. The molecule has 0 aliphatic rings. The van der Waals surface area contributed by atoms with Crippen molar-refractivity contribution in [1.29, 1.82) is 0 Å². The molecule has 0 fully saturated rings. The molecule has 29 heavy (non-hydrogen) atoms. The highest BCUT2D eigenvalue weighted by atomic mass is 79.9. The lowest BCUT2D eigenvalue weighted by Crippen LogP contribution is -2.43. The number of amides is 2. The van der Waals surface area contributed by atoms with Gasteiger partial charge in [-0.25, -0.2) is 0 Å². The van der Waals surface area contributed by atoms with Crippen LogP contribution >= 0.6 is 15.9 Å². The van der Waals surface area contributed by atoms with Crippen molar-refractivity contribution in [2.24, 2.45) is 0 Å². The van der Waals surface area contributed by atoms with Crippen LogP contribution in [0, 0.1) is 6.92 Å². The molecular formula is C21H25BrN2O5. The van der Waals surface area contributed by atoms with Gasteiger partial charge in [0.25, 0.3) is 11.8 Å². The Balaban J connectivity index is 1.95. The molecule has 7 nitrogen and oxygen atoms in total. The maximum Gasteiger partial charge on any atom is 0.276 e. The molecule has 0 saturated heterocycles. The number of hydrazine groups is 1. The normalized spacial score (nSPS) is 10.4. The molecule has 156 valence electrons. The number of aryl methyl sites for hydroxylation is 1. The molecule has 0 saturated carbocycles. The van der Waals surface area contributed by atoms with E-state index in [0.29, 0.717) is 22.8 Å². The molecule has 0 aromatic heterocycles. The third kappa shape index (κ3) is 5.87. The van der Waals surface area contributed by atoms with Crippen LogP contribution in [0.1, 0.15) is 41.3 Å². The van der Waals surface area contributed by atoms with Crippen LogP contribution < -0.4 is 25.1 Å². The molecule has 2 N–H and O–H groups in total. The van der Waals surface area contributed by atoms with Gasteiger partial charge in [-0.1, -0.05) is 29.8 Å². The van der Waals surface area contributed by atoms with E-state index >= 15 is 0 Å². The van der Waals surface area contributed by atoms with E-state index in [0.717, 1.165) is 15.6 Å². The fourth-order valence-electron chi connectivity index (χ4n) is 2.60. The van der Waals surface area contributed by atoms with Crippen molar-refractivity contribution in [3.8, 4) is 17.2 Å². The number of ether oxygens (including phenoxy) is 3. The molecule has 0 unspecified atom stereocenters. The molecule has 2 aromatic rings. The first-order valence-electron chi connectivity index (χ1n) is 9.00. The highest BCUT2D eigenvalue weighted by Gasteiger charge is 2.14. The van der Waals surface area contributed by atoms with Crippen molar-refractivity contribution >= 4 is 27.7 Å². The third-order valence-corrected chi connectivity index (χ3v) is 5.09. The van der Waals surface area contributed by atoms with Crippen LogP contribution in [-0.4, -0.2) is 32.6 Å². The van der Waals surface area contributed by atoms with Gasteiger partial charge in [-0.15, -0.1) is 0 Å². The molecule has 0 aliphatic heterocycles. The zero-order valence-electron chi connectivity index (χ0n) is 17.1. The Kier molecular flexibility index (Phi) is 7.90. The number of benzene rings is 2. The Morgan fingerprint density at radius 3 is 2.31 bits per heavy atom. The standard InChI is InChI=1S/C21H25BrN2O5/c1-12(2)15-10-16(22)13(3)8-18(15)29-11-20(25)23-24-21(26)14-6-7-17(27-4)19(9-14)28-5/h6-10,12H,11H2,1-5H3,(H,23,25)(H,24,26). The maximum absolute atomic E-state index is 12.2. The van der Waals surface area contributed by atoms with E-state index in [4.69, 9.17) is 14.2 Å². The van der Waals surface area contributed by atoms with Crippen molar-refractivity contribution in [2.75, 3.05) is 20.8 Å². The summed E-state index contributed by atoms with van der Waals surface area (Å²) in [4.78, 5) is 24.4. The highest BCUT2D eigenvalue weighted by molar-refractivity contribution is 9.10. The minimum absolute atomic E-state index is 0.229. The molecule has 0 aliphatic carbocycles. The summed E-state index contributed by atoms with van der Waals surface area (Å²) >= 11 is 3.51.